The molecule has 0 aromatic heterocycles. The van der Waals surface area contributed by atoms with Crippen LogP contribution in [0.2, 0.25) is 0 Å². The summed E-state index contributed by atoms with van der Waals surface area (Å²) >= 11 is 0. The summed E-state index contributed by atoms with van der Waals surface area (Å²) in [6, 6.07) is 12.5. The second kappa shape index (κ2) is 7.12. The zero-order valence-corrected chi connectivity index (χ0v) is 14.2. The minimum atomic E-state index is -3.43. The van der Waals surface area contributed by atoms with Crippen molar-refractivity contribution in [3.8, 4) is 0 Å². The molecule has 0 atom stereocenters. The monoisotopic (exact) mass is 359 g/mol. The van der Waals surface area contributed by atoms with Gasteiger partial charge in [-0.2, -0.15) is 4.31 Å². The summed E-state index contributed by atoms with van der Waals surface area (Å²) in [7, 11) is -3.43. The smallest absolute Gasteiger partial charge is 0.258 e. The van der Waals surface area contributed by atoms with E-state index in [9.17, 15) is 18.5 Å². The van der Waals surface area contributed by atoms with Gasteiger partial charge < -0.3 is 0 Å². The van der Waals surface area contributed by atoms with Gasteiger partial charge in [-0.1, -0.05) is 12.1 Å². The molecule has 0 spiro atoms. The van der Waals surface area contributed by atoms with Gasteiger partial charge in [-0.25, -0.2) is 8.42 Å². The number of nitrogens with zero attached hydrogens (tertiary/aromatic N) is 3. The van der Waals surface area contributed by atoms with Gasteiger partial charge in [-0.3, -0.25) is 15.1 Å². The van der Waals surface area contributed by atoms with E-state index in [0.29, 0.717) is 24.3 Å². The number of aliphatic imine (C=N–C) groups is 1. The van der Waals surface area contributed by atoms with Crippen molar-refractivity contribution >= 4 is 27.6 Å². The first kappa shape index (κ1) is 17.2. The first-order valence-electron chi connectivity index (χ1n) is 7.85. The van der Waals surface area contributed by atoms with Crippen molar-refractivity contribution in [3.63, 3.8) is 0 Å². The molecule has 0 radical (unpaired) electrons. The van der Waals surface area contributed by atoms with Gasteiger partial charge in [0.2, 0.25) is 10.0 Å². The third-order valence-corrected chi connectivity index (χ3v) is 5.90. The largest absolute Gasteiger partial charge is 0.270 e. The third kappa shape index (κ3) is 3.92. The van der Waals surface area contributed by atoms with Crippen LogP contribution in [0.1, 0.15) is 18.4 Å². The summed E-state index contributed by atoms with van der Waals surface area (Å²) in [5, 5.41) is 10.8. The molecule has 1 saturated heterocycles. The first-order valence-corrected chi connectivity index (χ1v) is 9.29. The second-order valence-electron chi connectivity index (χ2n) is 5.72. The highest BCUT2D eigenvalue weighted by Crippen LogP contribution is 2.23. The van der Waals surface area contributed by atoms with Crippen molar-refractivity contribution in [3.05, 3.63) is 64.2 Å². The van der Waals surface area contributed by atoms with Crippen LogP contribution in [0.4, 0.5) is 11.4 Å². The van der Waals surface area contributed by atoms with Gasteiger partial charge in [-0.15, -0.1) is 0 Å². The average molecular weight is 359 g/mol. The summed E-state index contributed by atoms with van der Waals surface area (Å²) in [5.74, 6) is 0. The van der Waals surface area contributed by atoms with Gasteiger partial charge in [0, 0.05) is 31.4 Å². The Morgan fingerprint density at radius 3 is 2.40 bits per heavy atom. The SMILES string of the molecule is O=[N+]([O-])c1cccc(C=Nc2ccc(S(=O)(=O)N3CCCC3)cc2)c1. The topological polar surface area (TPSA) is 92.9 Å². The van der Waals surface area contributed by atoms with E-state index in [0.717, 1.165) is 12.8 Å². The van der Waals surface area contributed by atoms with Crippen LogP contribution in [0.5, 0.6) is 0 Å². The lowest BCUT2D eigenvalue weighted by Crippen LogP contribution is -2.27. The molecule has 0 N–H and O–H groups in total. The Labute approximate surface area is 145 Å². The van der Waals surface area contributed by atoms with Crippen molar-refractivity contribution in [1.29, 1.82) is 0 Å². The fourth-order valence-electron chi connectivity index (χ4n) is 2.65. The van der Waals surface area contributed by atoms with Crippen LogP contribution in [-0.4, -0.2) is 37.0 Å². The molecule has 2 aromatic carbocycles. The highest BCUT2D eigenvalue weighted by Gasteiger charge is 2.26. The van der Waals surface area contributed by atoms with Crippen molar-refractivity contribution in [2.45, 2.75) is 17.7 Å². The Kier molecular flexibility index (Phi) is 4.91. The fraction of sp³-hybridized carbons (Fsp3) is 0.235. The average Bonchev–Trinajstić information content (AvgIpc) is 3.16. The van der Waals surface area contributed by atoms with Crippen molar-refractivity contribution in [2.75, 3.05) is 13.1 Å². The van der Waals surface area contributed by atoms with E-state index < -0.39 is 14.9 Å². The number of sulfonamides is 1. The number of nitro benzene ring substituents is 1. The Bertz CT molecular complexity index is 902. The molecule has 0 saturated carbocycles. The molecule has 25 heavy (non-hydrogen) atoms. The Morgan fingerprint density at radius 1 is 1.08 bits per heavy atom. The van der Waals surface area contributed by atoms with Gasteiger partial charge in [0.05, 0.1) is 15.5 Å². The molecule has 130 valence electrons. The molecular formula is C17H17N3O4S. The standard InChI is InChI=1S/C17H17N3O4S/c21-20(22)16-5-3-4-14(12-16)13-18-15-6-8-17(9-7-15)25(23,24)19-10-1-2-11-19/h3-9,12-13H,1-2,10-11H2. The van der Waals surface area contributed by atoms with E-state index in [1.807, 2.05) is 0 Å². The lowest BCUT2D eigenvalue weighted by atomic mass is 10.2. The van der Waals surface area contributed by atoms with Crippen molar-refractivity contribution in [2.24, 2.45) is 4.99 Å². The maximum absolute atomic E-state index is 12.5. The quantitative estimate of drug-likeness (QED) is 0.466. The zero-order valence-electron chi connectivity index (χ0n) is 13.4. The van der Waals surface area contributed by atoms with Gasteiger partial charge in [0.1, 0.15) is 0 Å². The fourth-order valence-corrected chi connectivity index (χ4v) is 4.17. The van der Waals surface area contributed by atoms with E-state index in [1.165, 1.54) is 34.8 Å². The highest BCUT2D eigenvalue weighted by molar-refractivity contribution is 7.89. The minimum absolute atomic E-state index is 0.00370. The number of nitro groups is 1. The molecule has 1 aliphatic heterocycles. The van der Waals surface area contributed by atoms with E-state index in [2.05, 4.69) is 4.99 Å². The Morgan fingerprint density at radius 2 is 1.76 bits per heavy atom. The number of rotatable bonds is 5. The lowest BCUT2D eigenvalue weighted by Gasteiger charge is -2.15. The molecule has 3 rings (SSSR count). The van der Waals surface area contributed by atoms with Crippen LogP contribution < -0.4 is 0 Å². The maximum Gasteiger partial charge on any atom is 0.270 e. The second-order valence-corrected chi connectivity index (χ2v) is 7.65. The Balaban J connectivity index is 1.76. The van der Waals surface area contributed by atoms with Crippen molar-refractivity contribution < 1.29 is 13.3 Å². The van der Waals surface area contributed by atoms with Crippen LogP contribution in [-0.2, 0) is 10.0 Å². The molecule has 0 amide bonds. The van der Waals surface area contributed by atoms with Gasteiger partial charge >= 0.3 is 0 Å². The predicted octanol–water partition coefficient (Wildman–Crippen LogP) is 3.13. The molecule has 0 bridgehead atoms. The zero-order chi connectivity index (χ0) is 17.9. The van der Waals surface area contributed by atoms with Crippen LogP contribution in [0.3, 0.4) is 0 Å². The molecule has 8 heteroatoms. The number of hydrogen-bond donors (Lipinski definition) is 0. The minimum Gasteiger partial charge on any atom is -0.258 e. The van der Waals surface area contributed by atoms with Crippen LogP contribution in [0, 0.1) is 10.1 Å². The third-order valence-electron chi connectivity index (χ3n) is 3.98. The molecule has 0 unspecified atom stereocenters. The van der Waals surface area contributed by atoms with E-state index in [4.69, 9.17) is 0 Å². The molecule has 0 aliphatic carbocycles. The normalized spacial score (nSPS) is 15.7. The molecular weight excluding hydrogens is 342 g/mol. The van der Waals surface area contributed by atoms with Crippen LogP contribution in [0.15, 0.2) is 58.4 Å². The summed E-state index contributed by atoms with van der Waals surface area (Å²) in [5.41, 5.74) is 1.17. The first-order chi connectivity index (χ1) is 12.0. The van der Waals surface area contributed by atoms with E-state index >= 15 is 0 Å². The molecule has 7 nitrogen and oxygen atoms in total. The lowest BCUT2D eigenvalue weighted by molar-refractivity contribution is -0.384. The van der Waals surface area contributed by atoms with Crippen molar-refractivity contribution in [1.82, 2.24) is 4.31 Å². The van der Waals surface area contributed by atoms with Gasteiger partial charge in [0.25, 0.3) is 5.69 Å². The molecule has 1 fully saturated rings. The number of non-ortho nitro benzene ring substituents is 1. The maximum atomic E-state index is 12.5. The molecule has 1 aliphatic rings. The summed E-state index contributed by atoms with van der Waals surface area (Å²) < 4.78 is 26.4. The Hall–Kier alpha value is -2.58. The van der Waals surface area contributed by atoms with Crippen LogP contribution >= 0.6 is 0 Å². The van der Waals surface area contributed by atoms with Crippen LogP contribution in [0.25, 0.3) is 0 Å². The van der Waals surface area contributed by atoms with Gasteiger partial charge in [-0.05, 0) is 42.7 Å². The van der Waals surface area contributed by atoms with E-state index in [1.54, 1.807) is 24.3 Å². The summed E-state index contributed by atoms with van der Waals surface area (Å²) in [4.78, 5) is 14.8. The highest BCUT2D eigenvalue weighted by atomic mass is 32.2. The van der Waals surface area contributed by atoms with Gasteiger partial charge in [0.15, 0.2) is 0 Å². The summed E-state index contributed by atoms with van der Waals surface area (Å²) in [6.07, 6.45) is 3.30. The van der Waals surface area contributed by atoms with E-state index in [-0.39, 0.29) is 10.6 Å². The number of hydrogen-bond acceptors (Lipinski definition) is 5. The predicted molar refractivity (Wildman–Crippen MR) is 94.8 cm³/mol. The summed E-state index contributed by atoms with van der Waals surface area (Å²) in [6.45, 7) is 1.13. The molecule has 2 aromatic rings. The number of benzene rings is 2. The molecule has 1 heterocycles.